The monoisotopic (exact) mass is 228 g/mol. The summed E-state index contributed by atoms with van der Waals surface area (Å²) in [4.78, 5) is 0. The molecule has 0 aliphatic heterocycles. The van der Waals surface area contributed by atoms with Crippen molar-refractivity contribution in [1.29, 1.82) is 0 Å². The average Bonchev–Trinajstić information content (AvgIpc) is 2.17. The summed E-state index contributed by atoms with van der Waals surface area (Å²) in [6.45, 7) is -2.02. The molecule has 0 N–H and O–H groups in total. The first-order chi connectivity index (χ1) is 6.77. The molecule has 0 saturated carbocycles. The minimum Gasteiger partial charge on any atom is -0.244 e. The first kappa shape index (κ1) is 11.9. The van der Waals surface area contributed by atoms with Gasteiger partial charge in [0.25, 0.3) is 0 Å². The molecule has 0 atom stereocenters. The summed E-state index contributed by atoms with van der Waals surface area (Å²) >= 11 is 0. The second-order valence-corrected chi connectivity index (χ2v) is 2.92. The van der Waals surface area contributed by atoms with Crippen LogP contribution in [0.5, 0.6) is 0 Å². The van der Waals surface area contributed by atoms with Gasteiger partial charge in [0.2, 0.25) is 0 Å². The summed E-state index contributed by atoms with van der Waals surface area (Å²) < 4.78 is 73.6. The fourth-order valence-corrected chi connectivity index (χ4v) is 1.00. The van der Waals surface area contributed by atoms with Gasteiger partial charge >= 0.3 is 12.1 Å². The summed E-state index contributed by atoms with van der Waals surface area (Å²) in [5.74, 6) is -3.87. The largest absolute Gasteiger partial charge is 0.416 e. The molecular formula is C9H6F6. The number of hydrogen-bond acceptors (Lipinski definition) is 0. The lowest BCUT2D eigenvalue weighted by Gasteiger charge is -2.14. The second kappa shape index (κ2) is 3.75. The minimum absolute atomic E-state index is 0.250. The second-order valence-electron chi connectivity index (χ2n) is 2.92. The van der Waals surface area contributed by atoms with E-state index < -0.39 is 29.9 Å². The Balaban J connectivity index is 3.14. The van der Waals surface area contributed by atoms with Gasteiger partial charge in [0.05, 0.1) is 5.56 Å². The number of benzene rings is 1. The van der Waals surface area contributed by atoms with Crippen molar-refractivity contribution in [2.75, 3.05) is 6.67 Å². The van der Waals surface area contributed by atoms with E-state index in [1.807, 2.05) is 0 Å². The SMILES string of the molecule is FCC(F)(F)c1cccc(C(F)(F)F)c1. The molecule has 0 saturated heterocycles. The minimum atomic E-state index is -4.71. The maximum Gasteiger partial charge on any atom is 0.416 e. The Morgan fingerprint density at radius 2 is 1.47 bits per heavy atom. The molecule has 0 spiro atoms. The third kappa shape index (κ3) is 2.64. The fraction of sp³-hybridized carbons (Fsp3) is 0.333. The molecule has 0 amide bonds. The van der Waals surface area contributed by atoms with Gasteiger partial charge < -0.3 is 0 Å². The number of hydrogen-bond donors (Lipinski definition) is 0. The summed E-state index contributed by atoms with van der Waals surface area (Å²) in [6, 6.07) is 2.48. The molecule has 0 aromatic heterocycles. The quantitative estimate of drug-likeness (QED) is 0.676. The van der Waals surface area contributed by atoms with E-state index in [9.17, 15) is 26.3 Å². The van der Waals surface area contributed by atoms with Gasteiger partial charge in [-0.25, -0.2) is 4.39 Å². The first-order valence-electron chi connectivity index (χ1n) is 3.89. The molecule has 0 unspecified atom stereocenters. The predicted molar refractivity (Wildman–Crippen MR) is 41.3 cm³/mol. The van der Waals surface area contributed by atoms with Gasteiger partial charge in [-0.2, -0.15) is 22.0 Å². The molecule has 6 heteroatoms. The van der Waals surface area contributed by atoms with Crippen molar-refractivity contribution in [3.05, 3.63) is 35.4 Å². The third-order valence-electron chi connectivity index (χ3n) is 1.78. The zero-order valence-electron chi connectivity index (χ0n) is 7.28. The molecule has 0 aliphatic carbocycles. The molecule has 1 aromatic rings. The van der Waals surface area contributed by atoms with Crippen molar-refractivity contribution >= 4 is 0 Å². The van der Waals surface area contributed by atoms with E-state index in [1.54, 1.807) is 0 Å². The van der Waals surface area contributed by atoms with Crippen molar-refractivity contribution in [2.24, 2.45) is 0 Å². The van der Waals surface area contributed by atoms with Crippen LogP contribution < -0.4 is 0 Å². The Bertz CT molecular complexity index is 341. The van der Waals surface area contributed by atoms with Crippen LogP contribution in [0.2, 0.25) is 0 Å². The molecule has 0 nitrogen and oxygen atoms in total. The van der Waals surface area contributed by atoms with Crippen molar-refractivity contribution in [2.45, 2.75) is 12.1 Å². The predicted octanol–water partition coefficient (Wildman–Crippen LogP) is 3.77. The fourth-order valence-electron chi connectivity index (χ4n) is 1.00. The maximum atomic E-state index is 12.7. The van der Waals surface area contributed by atoms with Crippen molar-refractivity contribution in [3.63, 3.8) is 0 Å². The lowest BCUT2D eigenvalue weighted by molar-refractivity contribution is -0.137. The maximum absolute atomic E-state index is 12.7. The number of halogens is 6. The van der Waals surface area contributed by atoms with Crippen LogP contribution in [0, 0.1) is 0 Å². The summed E-state index contributed by atoms with van der Waals surface area (Å²) in [7, 11) is 0. The Labute approximate surface area is 81.5 Å². The molecule has 84 valence electrons. The molecular weight excluding hydrogens is 222 g/mol. The van der Waals surface area contributed by atoms with E-state index in [-0.39, 0.29) is 6.07 Å². The zero-order valence-corrected chi connectivity index (χ0v) is 7.28. The van der Waals surface area contributed by atoms with Gasteiger partial charge in [-0.3, -0.25) is 0 Å². The summed E-state index contributed by atoms with van der Waals surface area (Å²) in [5, 5.41) is 0. The van der Waals surface area contributed by atoms with Crippen LogP contribution in [0.4, 0.5) is 26.3 Å². The first-order valence-corrected chi connectivity index (χ1v) is 3.89. The topological polar surface area (TPSA) is 0 Å². The summed E-state index contributed by atoms with van der Waals surface area (Å²) in [5.41, 5.74) is -2.19. The van der Waals surface area contributed by atoms with E-state index in [0.29, 0.717) is 6.07 Å². The Kier molecular flexibility index (Phi) is 2.97. The highest BCUT2D eigenvalue weighted by Gasteiger charge is 2.36. The van der Waals surface area contributed by atoms with Crippen molar-refractivity contribution in [3.8, 4) is 0 Å². The van der Waals surface area contributed by atoms with E-state index in [2.05, 4.69) is 0 Å². The van der Waals surface area contributed by atoms with Crippen molar-refractivity contribution in [1.82, 2.24) is 0 Å². The van der Waals surface area contributed by atoms with Gasteiger partial charge in [0.15, 0.2) is 6.67 Å². The van der Waals surface area contributed by atoms with Gasteiger partial charge in [-0.1, -0.05) is 12.1 Å². The van der Waals surface area contributed by atoms with Crippen LogP contribution in [0.15, 0.2) is 24.3 Å². The lowest BCUT2D eigenvalue weighted by atomic mass is 10.1. The molecule has 0 radical (unpaired) electrons. The van der Waals surface area contributed by atoms with Gasteiger partial charge in [-0.15, -0.1) is 0 Å². The molecule has 0 bridgehead atoms. The Hall–Kier alpha value is -1.20. The van der Waals surface area contributed by atoms with E-state index in [4.69, 9.17) is 0 Å². The molecule has 1 rings (SSSR count). The highest BCUT2D eigenvalue weighted by atomic mass is 19.4. The highest BCUT2D eigenvalue weighted by molar-refractivity contribution is 5.28. The van der Waals surface area contributed by atoms with E-state index >= 15 is 0 Å². The van der Waals surface area contributed by atoms with Gasteiger partial charge in [-0.05, 0) is 12.1 Å². The Morgan fingerprint density at radius 3 is 1.93 bits per heavy atom. The molecule has 1 aromatic carbocycles. The molecule has 15 heavy (non-hydrogen) atoms. The lowest BCUT2D eigenvalue weighted by Crippen LogP contribution is -2.17. The van der Waals surface area contributed by atoms with Crippen molar-refractivity contribution < 1.29 is 26.3 Å². The molecule has 0 fully saturated rings. The summed E-state index contributed by atoms with van der Waals surface area (Å²) in [6.07, 6.45) is -4.71. The van der Waals surface area contributed by atoms with Crippen LogP contribution in [0.25, 0.3) is 0 Å². The van der Waals surface area contributed by atoms with Crippen LogP contribution >= 0.6 is 0 Å². The number of rotatable bonds is 2. The average molecular weight is 228 g/mol. The zero-order chi connectivity index (χ0) is 11.7. The standard InChI is InChI=1S/C9H6F6/c10-5-8(11,12)6-2-1-3-7(4-6)9(13,14)15/h1-4H,5H2. The van der Waals surface area contributed by atoms with E-state index in [1.165, 1.54) is 0 Å². The van der Waals surface area contributed by atoms with Gasteiger partial charge in [0, 0.05) is 5.56 Å². The highest BCUT2D eigenvalue weighted by Crippen LogP contribution is 2.34. The van der Waals surface area contributed by atoms with Crippen LogP contribution in [0.1, 0.15) is 11.1 Å². The molecule has 0 aliphatic rings. The number of alkyl halides is 6. The van der Waals surface area contributed by atoms with Crippen LogP contribution in [-0.4, -0.2) is 6.67 Å². The third-order valence-corrected chi connectivity index (χ3v) is 1.78. The normalized spacial score (nSPS) is 12.9. The van der Waals surface area contributed by atoms with Crippen LogP contribution in [-0.2, 0) is 12.1 Å². The Morgan fingerprint density at radius 1 is 0.933 bits per heavy atom. The van der Waals surface area contributed by atoms with Gasteiger partial charge in [0.1, 0.15) is 0 Å². The van der Waals surface area contributed by atoms with Crippen LogP contribution in [0.3, 0.4) is 0 Å². The molecule has 0 heterocycles. The smallest absolute Gasteiger partial charge is 0.244 e. The van der Waals surface area contributed by atoms with E-state index in [0.717, 1.165) is 12.1 Å².